The molecule has 2 aromatic rings. The van der Waals surface area contributed by atoms with Gasteiger partial charge >= 0.3 is 0 Å². The van der Waals surface area contributed by atoms with Gasteiger partial charge in [-0.3, -0.25) is 19.5 Å². The Kier molecular flexibility index (Phi) is 6.59. The van der Waals surface area contributed by atoms with Crippen LogP contribution in [0, 0.1) is 6.92 Å². The molecular formula is C20H30N6O2S. The number of aryl methyl sites for hydroxylation is 1. The van der Waals surface area contributed by atoms with Crippen molar-refractivity contribution in [3.8, 4) is 0 Å². The number of carbonyl (C=O) groups excluding carboxylic acids is 1. The zero-order valence-electron chi connectivity index (χ0n) is 17.3. The van der Waals surface area contributed by atoms with Crippen molar-refractivity contribution in [3.05, 3.63) is 34.1 Å². The lowest BCUT2D eigenvalue weighted by atomic mass is 10.2. The quantitative estimate of drug-likeness (QED) is 0.703. The molecule has 0 radical (unpaired) electrons. The number of rotatable bonds is 6. The fourth-order valence-electron chi connectivity index (χ4n) is 4.04. The maximum atomic E-state index is 12.8. The molecule has 1 unspecified atom stereocenters. The molecule has 2 aliphatic rings. The van der Waals surface area contributed by atoms with Crippen molar-refractivity contribution in [1.82, 2.24) is 29.7 Å². The topological polar surface area (TPSA) is 69.0 Å². The number of carbonyl (C=O) groups is 1. The van der Waals surface area contributed by atoms with Crippen molar-refractivity contribution < 1.29 is 9.32 Å². The van der Waals surface area contributed by atoms with Crippen LogP contribution in [0.2, 0.25) is 0 Å². The van der Waals surface area contributed by atoms with Gasteiger partial charge in [-0.2, -0.15) is 16.3 Å². The number of aromatic nitrogens is 2. The van der Waals surface area contributed by atoms with Crippen molar-refractivity contribution >= 4 is 17.2 Å². The predicted octanol–water partition coefficient (Wildman–Crippen LogP) is 1.46. The van der Waals surface area contributed by atoms with Crippen molar-refractivity contribution in [3.63, 3.8) is 0 Å². The van der Waals surface area contributed by atoms with Gasteiger partial charge in [-0.05, 0) is 36.2 Å². The predicted molar refractivity (Wildman–Crippen MR) is 112 cm³/mol. The highest BCUT2D eigenvalue weighted by atomic mass is 32.1. The van der Waals surface area contributed by atoms with E-state index < -0.39 is 0 Å². The van der Waals surface area contributed by atoms with E-state index in [4.69, 9.17) is 4.52 Å². The fraction of sp³-hybridized carbons (Fsp3) is 0.650. The number of hydrogen-bond acceptors (Lipinski definition) is 8. The van der Waals surface area contributed by atoms with Crippen LogP contribution in [0.15, 0.2) is 21.3 Å². The highest BCUT2D eigenvalue weighted by molar-refractivity contribution is 7.07. The second-order valence-corrected chi connectivity index (χ2v) is 8.74. The molecule has 2 saturated heterocycles. The van der Waals surface area contributed by atoms with E-state index in [0.29, 0.717) is 18.3 Å². The van der Waals surface area contributed by atoms with Gasteiger partial charge in [0, 0.05) is 58.9 Å². The lowest BCUT2D eigenvalue weighted by Crippen LogP contribution is -2.53. The molecule has 4 heterocycles. The summed E-state index contributed by atoms with van der Waals surface area (Å²) in [7, 11) is 0. The number of thiophene rings is 1. The third kappa shape index (κ3) is 5.22. The highest BCUT2D eigenvalue weighted by Crippen LogP contribution is 2.20. The van der Waals surface area contributed by atoms with E-state index in [1.807, 2.05) is 11.8 Å². The summed E-state index contributed by atoms with van der Waals surface area (Å²) < 4.78 is 5.31. The summed E-state index contributed by atoms with van der Waals surface area (Å²) in [6.45, 7) is 12.6. The maximum absolute atomic E-state index is 12.8. The summed E-state index contributed by atoms with van der Waals surface area (Å²) in [6.07, 6.45) is 0. The fourth-order valence-corrected chi connectivity index (χ4v) is 4.70. The minimum absolute atomic E-state index is 0.116. The summed E-state index contributed by atoms with van der Waals surface area (Å²) in [5, 5.41) is 8.22. The van der Waals surface area contributed by atoms with E-state index in [-0.39, 0.29) is 11.9 Å². The minimum atomic E-state index is 0.116. The summed E-state index contributed by atoms with van der Waals surface area (Å²) in [6, 6.07) is 2.30. The van der Waals surface area contributed by atoms with Gasteiger partial charge in [0.1, 0.15) is 0 Å². The summed E-state index contributed by atoms with van der Waals surface area (Å²) in [4.78, 5) is 26.2. The van der Waals surface area contributed by atoms with Crippen LogP contribution in [0.1, 0.15) is 30.2 Å². The first-order valence-electron chi connectivity index (χ1n) is 10.4. The Morgan fingerprint density at radius 1 is 1.14 bits per heavy atom. The number of amides is 1. The lowest BCUT2D eigenvalue weighted by Gasteiger charge is -2.39. The van der Waals surface area contributed by atoms with Crippen LogP contribution < -0.4 is 0 Å². The number of nitrogens with zero attached hydrogens (tertiary/aromatic N) is 6. The molecule has 0 bridgehead atoms. The van der Waals surface area contributed by atoms with Crippen LogP contribution in [0.25, 0.3) is 0 Å². The standard InChI is InChI=1S/C20H30N6O2S/c1-16(20-21-17(2)22-28-20)25-8-4-24(5-9-25)14-19(27)26-10-6-23(7-11-26)13-18-3-12-29-15-18/h3,12,15-16H,4-11,13-14H2,1-2H3. The molecule has 1 atom stereocenters. The molecule has 0 aliphatic carbocycles. The highest BCUT2D eigenvalue weighted by Gasteiger charge is 2.28. The molecule has 0 saturated carbocycles. The summed E-state index contributed by atoms with van der Waals surface area (Å²) in [5.74, 6) is 1.60. The van der Waals surface area contributed by atoms with E-state index in [1.54, 1.807) is 11.3 Å². The van der Waals surface area contributed by atoms with Crippen LogP contribution in [0.4, 0.5) is 0 Å². The van der Waals surface area contributed by atoms with Crippen molar-refractivity contribution in [1.29, 1.82) is 0 Å². The third-order valence-corrected chi connectivity index (χ3v) is 6.66. The molecule has 0 aromatic carbocycles. The molecule has 8 nitrogen and oxygen atoms in total. The molecule has 4 rings (SSSR count). The minimum Gasteiger partial charge on any atom is -0.339 e. The Morgan fingerprint density at radius 2 is 1.86 bits per heavy atom. The van der Waals surface area contributed by atoms with Crippen molar-refractivity contribution in [2.24, 2.45) is 0 Å². The Labute approximate surface area is 176 Å². The van der Waals surface area contributed by atoms with E-state index in [9.17, 15) is 4.79 Å². The first kappa shape index (κ1) is 20.5. The van der Waals surface area contributed by atoms with Gasteiger partial charge < -0.3 is 9.42 Å². The number of hydrogen-bond donors (Lipinski definition) is 0. The summed E-state index contributed by atoms with van der Waals surface area (Å²) in [5.41, 5.74) is 1.37. The van der Waals surface area contributed by atoms with Gasteiger partial charge in [0.25, 0.3) is 0 Å². The summed E-state index contributed by atoms with van der Waals surface area (Å²) >= 11 is 1.74. The molecule has 9 heteroatoms. The van der Waals surface area contributed by atoms with Crippen LogP contribution in [0.5, 0.6) is 0 Å². The molecule has 2 fully saturated rings. The average Bonchev–Trinajstić information content (AvgIpc) is 3.40. The van der Waals surface area contributed by atoms with Crippen molar-refractivity contribution in [2.45, 2.75) is 26.4 Å². The monoisotopic (exact) mass is 418 g/mol. The van der Waals surface area contributed by atoms with Gasteiger partial charge in [0.05, 0.1) is 12.6 Å². The van der Waals surface area contributed by atoms with E-state index in [2.05, 4.69) is 48.6 Å². The first-order valence-corrected chi connectivity index (χ1v) is 11.3. The van der Waals surface area contributed by atoms with Gasteiger partial charge in [0.15, 0.2) is 5.82 Å². The van der Waals surface area contributed by atoms with Gasteiger partial charge in [-0.1, -0.05) is 5.16 Å². The van der Waals surface area contributed by atoms with Crippen LogP contribution in [0.3, 0.4) is 0 Å². The van der Waals surface area contributed by atoms with Crippen LogP contribution >= 0.6 is 11.3 Å². The molecule has 0 spiro atoms. The zero-order valence-corrected chi connectivity index (χ0v) is 18.1. The molecule has 158 valence electrons. The first-order chi connectivity index (χ1) is 14.1. The number of piperazine rings is 2. The third-order valence-electron chi connectivity index (χ3n) is 5.93. The van der Waals surface area contributed by atoms with Crippen LogP contribution in [-0.4, -0.2) is 94.6 Å². The second kappa shape index (κ2) is 9.34. The molecule has 29 heavy (non-hydrogen) atoms. The normalized spacial score (nSPS) is 20.8. The Hall–Kier alpha value is -1.81. The maximum Gasteiger partial charge on any atom is 0.243 e. The van der Waals surface area contributed by atoms with Gasteiger partial charge in [0.2, 0.25) is 11.8 Å². The van der Waals surface area contributed by atoms with E-state index in [0.717, 1.165) is 58.9 Å². The van der Waals surface area contributed by atoms with E-state index >= 15 is 0 Å². The largest absolute Gasteiger partial charge is 0.339 e. The zero-order chi connectivity index (χ0) is 20.2. The van der Waals surface area contributed by atoms with E-state index in [1.165, 1.54) is 5.56 Å². The van der Waals surface area contributed by atoms with Gasteiger partial charge in [-0.15, -0.1) is 0 Å². The Bertz CT molecular complexity index is 779. The molecule has 0 N–H and O–H groups in total. The SMILES string of the molecule is Cc1noc(C(C)N2CCN(CC(=O)N3CCN(Cc4ccsc4)CC3)CC2)n1. The van der Waals surface area contributed by atoms with Crippen LogP contribution in [-0.2, 0) is 11.3 Å². The lowest BCUT2D eigenvalue weighted by molar-refractivity contribution is -0.134. The Balaban J connectivity index is 1.18. The Morgan fingerprint density at radius 3 is 2.48 bits per heavy atom. The van der Waals surface area contributed by atoms with Gasteiger partial charge in [-0.25, -0.2) is 0 Å². The molecular weight excluding hydrogens is 388 g/mol. The smallest absolute Gasteiger partial charge is 0.243 e. The average molecular weight is 419 g/mol. The molecule has 2 aromatic heterocycles. The van der Waals surface area contributed by atoms with Crippen molar-refractivity contribution in [2.75, 3.05) is 58.9 Å². The molecule has 1 amide bonds. The second-order valence-electron chi connectivity index (χ2n) is 7.96. The molecule has 2 aliphatic heterocycles.